The fraction of sp³-hybridized carbons (Fsp3) is 0.588. The van der Waals surface area contributed by atoms with Crippen molar-refractivity contribution in [2.24, 2.45) is 0 Å². The number of hydrogen-bond donors (Lipinski definition) is 2. The first-order chi connectivity index (χ1) is 12.1. The van der Waals surface area contributed by atoms with Crippen LogP contribution in [0.15, 0.2) is 24.3 Å². The predicted molar refractivity (Wildman–Crippen MR) is 102 cm³/mol. The van der Waals surface area contributed by atoms with Crippen molar-refractivity contribution >= 4 is 27.3 Å². The lowest BCUT2D eigenvalue weighted by molar-refractivity contribution is -0.913. The lowest BCUT2D eigenvalue weighted by Crippen LogP contribution is -2.56. The van der Waals surface area contributed by atoms with Gasteiger partial charge in [0.2, 0.25) is 5.91 Å². The Morgan fingerprint density at radius 2 is 1.85 bits per heavy atom. The minimum atomic E-state index is -3.81. The maximum Gasteiger partial charge on any atom is 0.257 e. The van der Waals surface area contributed by atoms with Crippen LogP contribution in [0.2, 0.25) is 0 Å². The summed E-state index contributed by atoms with van der Waals surface area (Å²) in [4.78, 5) is 13.3. The third kappa shape index (κ3) is 5.66. The molecule has 0 radical (unpaired) electrons. The number of amides is 1. The third-order valence-electron chi connectivity index (χ3n) is 4.82. The van der Waals surface area contributed by atoms with Gasteiger partial charge in [0.15, 0.2) is 0 Å². The van der Waals surface area contributed by atoms with E-state index in [4.69, 9.17) is 0 Å². The lowest BCUT2D eigenvalue weighted by Gasteiger charge is -2.41. The van der Waals surface area contributed by atoms with Gasteiger partial charge in [0.05, 0.1) is 38.1 Å². The van der Waals surface area contributed by atoms with E-state index < -0.39 is 10.0 Å². The summed E-state index contributed by atoms with van der Waals surface area (Å²) in [6.07, 6.45) is 0.490. The van der Waals surface area contributed by atoms with E-state index in [2.05, 4.69) is 24.3 Å². The molecule has 1 fully saturated rings. The van der Waals surface area contributed by atoms with Crippen LogP contribution in [0.25, 0.3) is 0 Å². The maximum absolute atomic E-state index is 12.4. The Morgan fingerprint density at radius 3 is 2.38 bits per heavy atom. The topological polar surface area (TPSA) is 90.0 Å². The van der Waals surface area contributed by atoms with Crippen LogP contribution in [0.1, 0.15) is 13.3 Å². The van der Waals surface area contributed by atoms with Gasteiger partial charge in [0.1, 0.15) is 0 Å². The van der Waals surface area contributed by atoms with Gasteiger partial charge in [0, 0.05) is 32.1 Å². The van der Waals surface area contributed by atoms with Crippen LogP contribution in [0.4, 0.5) is 11.4 Å². The lowest BCUT2D eigenvalue weighted by atomic mass is 10.2. The minimum absolute atomic E-state index is 0.110. The number of anilines is 2. The number of hydrogen-bond acceptors (Lipinski definition) is 5. The average molecular weight is 386 g/mol. The summed E-state index contributed by atoms with van der Waals surface area (Å²) in [7, 11) is 0.435. The largest absolute Gasteiger partial charge is 0.326 e. The number of rotatable bonds is 7. The minimum Gasteiger partial charge on any atom is -0.326 e. The molecule has 0 aromatic heterocycles. The molecule has 1 aromatic rings. The van der Waals surface area contributed by atoms with Gasteiger partial charge >= 0.3 is 0 Å². The summed E-state index contributed by atoms with van der Waals surface area (Å²) in [6, 6.07) is 6.01. The van der Waals surface area contributed by atoms with E-state index in [1.807, 2.05) is 0 Å². The molecule has 1 aliphatic rings. The van der Waals surface area contributed by atoms with E-state index in [-0.39, 0.29) is 17.3 Å². The quantitative estimate of drug-likeness (QED) is 0.539. The Kier molecular flexibility index (Phi) is 6.62. The van der Waals surface area contributed by atoms with Gasteiger partial charge in [0.25, 0.3) is 10.0 Å². The molecule has 2 N–H and O–H groups in total. The molecule has 1 saturated heterocycles. The molecule has 0 saturated carbocycles. The van der Waals surface area contributed by atoms with Crippen molar-refractivity contribution in [3.63, 3.8) is 0 Å². The molecule has 0 spiro atoms. The number of nitrogens with one attached hydrogen (secondary N) is 1. The highest BCUT2D eigenvalue weighted by molar-refractivity contribution is 7.92. The highest BCUT2D eigenvalue weighted by Gasteiger charge is 2.28. The number of piperazine rings is 1. The van der Waals surface area contributed by atoms with E-state index in [9.17, 15) is 18.4 Å². The number of likely N-dealkylation sites (N-methyl/N-ethyl adjacent to an activating group) is 2. The molecular formula is C17H29N4O4S+. The van der Waals surface area contributed by atoms with E-state index in [0.717, 1.165) is 37.2 Å². The zero-order valence-electron chi connectivity index (χ0n) is 15.7. The molecule has 146 valence electrons. The van der Waals surface area contributed by atoms with Gasteiger partial charge < -0.3 is 9.80 Å². The second-order valence-corrected chi connectivity index (χ2v) is 9.15. The van der Waals surface area contributed by atoms with Crippen LogP contribution in [0, 0.1) is 0 Å². The number of sulfonamides is 1. The van der Waals surface area contributed by atoms with Gasteiger partial charge in [-0.3, -0.25) is 14.9 Å². The zero-order valence-corrected chi connectivity index (χ0v) is 16.5. The molecule has 0 aliphatic carbocycles. The molecule has 2 rings (SSSR count). The summed E-state index contributed by atoms with van der Waals surface area (Å²) >= 11 is 0. The number of benzene rings is 1. The molecule has 0 atom stereocenters. The monoisotopic (exact) mass is 385 g/mol. The number of nitrogens with zero attached hydrogens (tertiary/aromatic N) is 3. The fourth-order valence-electron chi connectivity index (χ4n) is 3.02. The van der Waals surface area contributed by atoms with Crippen LogP contribution < -0.4 is 9.79 Å². The van der Waals surface area contributed by atoms with Crippen LogP contribution in [0.5, 0.6) is 0 Å². The Balaban J connectivity index is 1.91. The number of carbonyl (C=O) groups is 1. The summed E-state index contributed by atoms with van der Waals surface area (Å²) in [5, 5.41) is 12.7. The van der Waals surface area contributed by atoms with Crippen LogP contribution in [0.3, 0.4) is 0 Å². The average Bonchev–Trinajstić information content (AvgIpc) is 2.57. The predicted octanol–water partition coefficient (Wildman–Crippen LogP) is 0.953. The van der Waals surface area contributed by atoms with E-state index in [1.54, 1.807) is 12.1 Å². The summed E-state index contributed by atoms with van der Waals surface area (Å²) in [6.45, 7) is 6.18. The smallest absolute Gasteiger partial charge is 0.257 e. The molecule has 1 amide bonds. The Labute approximate surface area is 155 Å². The van der Waals surface area contributed by atoms with E-state index in [1.165, 1.54) is 19.1 Å². The molecule has 26 heavy (non-hydrogen) atoms. The van der Waals surface area contributed by atoms with Crippen molar-refractivity contribution in [3.05, 3.63) is 24.3 Å². The van der Waals surface area contributed by atoms with Crippen molar-refractivity contribution in [3.8, 4) is 0 Å². The van der Waals surface area contributed by atoms with Gasteiger partial charge in [-0.15, -0.1) is 4.47 Å². The SMILES string of the molecule is CC(=O)Nc1ccc(N(O)S(=O)(=O)CCC[N+]2(C)CCN(C)CC2)cc1. The zero-order chi connectivity index (χ0) is 19.4. The van der Waals surface area contributed by atoms with Crippen molar-refractivity contribution in [1.29, 1.82) is 0 Å². The Bertz CT molecular complexity index is 713. The number of quaternary nitrogens is 1. The maximum atomic E-state index is 12.4. The molecule has 0 bridgehead atoms. The standard InChI is InChI=1S/C17H28N4O4S/c1-15(22)18-16-5-7-17(8-6-16)20(23)26(24,25)14-4-11-21(3)12-9-19(2)10-13-21/h5-8,23H,4,9-14H2,1-3H3/p+1. The normalized spacial score (nSPS) is 17.7. The van der Waals surface area contributed by atoms with E-state index in [0.29, 0.717) is 16.6 Å². The molecule has 1 heterocycles. The third-order valence-corrected chi connectivity index (χ3v) is 6.36. The molecule has 9 heteroatoms. The highest BCUT2D eigenvalue weighted by atomic mass is 32.2. The van der Waals surface area contributed by atoms with Crippen LogP contribution in [-0.4, -0.2) is 81.5 Å². The molecule has 0 unspecified atom stereocenters. The molecule has 1 aromatic carbocycles. The van der Waals surface area contributed by atoms with Crippen LogP contribution >= 0.6 is 0 Å². The second-order valence-electron chi connectivity index (χ2n) is 7.23. The first-order valence-corrected chi connectivity index (χ1v) is 10.3. The Hall–Kier alpha value is -1.68. The fourth-order valence-corrected chi connectivity index (χ4v) is 4.13. The Morgan fingerprint density at radius 1 is 1.27 bits per heavy atom. The molecular weight excluding hydrogens is 356 g/mol. The van der Waals surface area contributed by atoms with Gasteiger partial charge in [-0.25, -0.2) is 8.42 Å². The van der Waals surface area contributed by atoms with Gasteiger partial charge in [-0.2, -0.15) is 0 Å². The van der Waals surface area contributed by atoms with Gasteiger partial charge in [-0.1, -0.05) is 0 Å². The second kappa shape index (κ2) is 8.34. The van der Waals surface area contributed by atoms with Crippen molar-refractivity contribution in [2.45, 2.75) is 13.3 Å². The van der Waals surface area contributed by atoms with Crippen molar-refractivity contribution < 1.29 is 22.9 Å². The number of carbonyl (C=O) groups excluding carboxylic acids is 1. The highest BCUT2D eigenvalue weighted by Crippen LogP contribution is 2.20. The first kappa shape index (κ1) is 20.6. The molecule has 1 aliphatic heterocycles. The van der Waals surface area contributed by atoms with Crippen molar-refractivity contribution in [2.75, 3.05) is 62.4 Å². The summed E-state index contributed by atoms with van der Waals surface area (Å²) in [5.74, 6) is -0.326. The first-order valence-electron chi connectivity index (χ1n) is 8.73. The van der Waals surface area contributed by atoms with E-state index >= 15 is 0 Å². The summed E-state index contributed by atoms with van der Waals surface area (Å²) < 4.78 is 26.0. The van der Waals surface area contributed by atoms with Gasteiger partial charge in [-0.05, 0) is 31.3 Å². The molecule has 8 nitrogen and oxygen atoms in total. The van der Waals surface area contributed by atoms with Crippen LogP contribution in [-0.2, 0) is 14.8 Å². The summed E-state index contributed by atoms with van der Waals surface area (Å²) in [5.41, 5.74) is 0.693. The van der Waals surface area contributed by atoms with Crippen molar-refractivity contribution in [1.82, 2.24) is 4.90 Å².